The predicted octanol–water partition coefficient (Wildman–Crippen LogP) is 10.6. The van der Waals surface area contributed by atoms with Crippen LogP contribution in [0.1, 0.15) is 154 Å². The van der Waals surface area contributed by atoms with E-state index in [1.54, 1.807) is 154 Å². The first kappa shape index (κ1) is 27.6. The first-order valence-corrected chi connectivity index (χ1v) is 18.5. The van der Waals surface area contributed by atoms with Gasteiger partial charge in [0.05, 0.1) is 0 Å². The van der Waals surface area contributed by atoms with Gasteiger partial charge in [0, 0.05) is 0 Å². The summed E-state index contributed by atoms with van der Waals surface area (Å²) in [6.45, 7) is 0. The van der Waals surface area contributed by atoms with Crippen molar-refractivity contribution in [2.24, 2.45) is 0 Å². The van der Waals surface area contributed by atoms with Crippen molar-refractivity contribution < 1.29 is 20.4 Å². The Balaban J connectivity index is 0.000000152. The molecule has 6 aliphatic rings. The van der Waals surface area contributed by atoms with Gasteiger partial charge in [-0.2, -0.15) is 0 Å². The van der Waals surface area contributed by atoms with Crippen molar-refractivity contribution in [3.63, 3.8) is 0 Å². The van der Waals surface area contributed by atoms with Crippen LogP contribution >= 0.6 is 15.8 Å². The maximum absolute atomic E-state index is 1.61. The summed E-state index contributed by atoms with van der Waals surface area (Å²) < 4.78 is 0. The fraction of sp³-hybridized carbons (Fsp3) is 1.00. The second-order valence-electron chi connectivity index (χ2n) is 12.5. The summed E-state index contributed by atoms with van der Waals surface area (Å²) in [5, 5.41) is 0. The van der Waals surface area contributed by atoms with Crippen LogP contribution in [0.3, 0.4) is 0 Å². The van der Waals surface area contributed by atoms with Crippen LogP contribution in [0.4, 0.5) is 0 Å². The molecule has 0 nitrogen and oxygen atoms in total. The van der Waals surface area contributed by atoms with E-state index in [2.05, 4.69) is 0 Å². The second-order valence-corrected chi connectivity index (χ2v) is 18.7. The SMILES string of the molecule is C1CCC(P(C2CCCC2)C2CCCC2)C1.C1CCC(P(C2CCCC2)C2CCCC2)C1.[Pd+2]. The molecule has 33 heavy (non-hydrogen) atoms. The first-order chi connectivity index (χ1) is 15.9. The van der Waals surface area contributed by atoms with E-state index in [1.165, 1.54) is 34.0 Å². The Morgan fingerprint density at radius 1 is 0.242 bits per heavy atom. The van der Waals surface area contributed by atoms with Crippen LogP contribution in [-0.2, 0) is 20.4 Å². The molecule has 0 unspecified atom stereocenters. The van der Waals surface area contributed by atoms with Crippen LogP contribution in [0.15, 0.2) is 0 Å². The molecule has 6 rings (SSSR count). The van der Waals surface area contributed by atoms with Gasteiger partial charge in [-0.05, 0) is 111 Å². The molecule has 0 atom stereocenters. The van der Waals surface area contributed by atoms with E-state index in [9.17, 15) is 0 Å². The molecule has 0 spiro atoms. The number of hydrogen-bond acceptors (Lipinski definition) is 0. The normalized spacial score (nSPS) is 28.9. The van der Waals surface area contributed by atoms with Gasteiger partial charge in [0.25, 0.3) is 0 Å². The van der Waals surface area contributed by atoms with Crippen LogP contribution in [-0.4, -0.2) is 34.0 Å². The van der Waals surface area contributed by atoms with E-state index in [4.69, 9.17) is 0 Å². The summed E-state index contributed by atoms with van der Waals surface area (Å²) in [6, 6.07) is 0. The largest absolute Gasteiger partial charge is 2.00 e. The standard InChI is InChI=1S/2C15H27P.Pd/c2*1-2-8-13(7-1)16(14-9-3-4-10-14)15-11-5-6-12-15;/h2*13-15H,1-12H2;/q;;+2. The summed E-state index contributed by atoms with van der Waals surface area (Å²) >= 11 is 0. The summed E-state index contributed by atoms with van der Waals surface area (Å²) in [6.07, 6.45) is 38.0. The molecule has 0 aromatic heterocycles. The monoisotopic (exact) mass is 582 g/mol. The quantitative estimate of drug-likeness (QED) is 0.216. The Kier molecular flexibility index (Phi) is 12.1. The third-order valence-corrected chi connectivity index (χ3v) is 18.6. The molecule has 6 saturated carbocycles. The minimum absolute atomic E-state index is 0. The third-order valence-electron chi connectivity index (χ3n) is 10.5. The predicted molar refractivity (Wildman–Crippen MR) is 147 cm³/mol. The molecule has 3 heteroatoms. The topological polar surface area (TPSA) is 0 Å². The fourth-order valence-corrected chi connectivity index (χ4v) is 18.3. The van der Waals surface area contributed by atoms with Gasteiger partial charge in [-0.1, -0.05) is 92.9 Å². The van der Waals surface area contributed by atoms with Gasteiger partial charge in [-0.3, -0.25) is 0 Å². The van der Waals surface area contributed by atoms with Gasteiger partial charge in [0.1, 0.15) is 0 Å². The van der Waals surface area contributed by atoms with Crippen molar-refractivity contribution in [1.29, 1.82) is 0 Å². The van der Waals surface area contributed by atoms with E-state index in [-0.39, 0.29) is 20.4 Å². The van der Waals surface area contributed by atoms with Crippen molar-refractivity contribution in [3.8, 4) is 0 Å². The molecule has 192 valence electrons. The van der Waals surface area contributed by atoms with Crippen LogP contribution < -0.4 is 0 Å². The zero-order valence-electron chi connectivity index (χ0n) is 21.6. The van der Waals surface area contributed by atoms with E-state index < -0.39 is 0 Å². The summed E-state index contributed by atoms with van der Waals surface area (Å²) in [5.74, 6) is 0. The van der Waals surface area contributed by atoms with Gasteiger partial charge in [0.2, 0.25) is 0 Å². The van der Waals surface area contributed by atoms with Gasteiger partial charge in [0.15, 0.2) is 0 Å². The Morgan fingerprint density at radius 2 is 0.364 bits per heavy atom. The van der Waals surface area contributed by atoms with E-state index >= 15 is 0 Å². The molecule has 0 amide bonds. The number of rotatable bonds is 6. The maximum atomic E-state index is 1.61. The van der Waals surface area contributed by atoms with Crippen molar-refractivity contribution >= 4 is 15.8 Å². The Morgan fingerprint density at radius 3 is 0.485 bits per heavy atom. The van der Waals surface area contributed by atoms with Crippen molar-refractivity contribution in [2.75, 3.05) is 0 Å². The molecule has 0 radical (unpaired) electrons. The van der Waals surface area contributed by atoms with Gasteiger partial charge < -0.3 is 0 Å². The summed E-state index contributed by atoms with van der Waals surface area (Å²) in [4.78, 5) is 0. The Bertz CT molecular complexity index is 393. The van der Waals surface area contributed by atoms with E-state index in [0.29, 0.717) is 15.8 Å². The Labute approximate surface area is 223 Å². The smallest absolute Gasteiger partial charge is 0.0971 e. The van der Waals surface area contributed by atoms with E-state index in [0.717, 1.165) is 0 Å². The minimum Gasteiger partial charge on any atom is -0.0971 e. The third kappa shape index (κ3) is 7.31. The van der Waals surface area contributed by atoms with Crippen molar-refractivity contribution in [2.45, 2.75) is 188 Å². The second kappa shape index (κ2) is 14.5. The van der Waals surface area contributed by atoms with Gasteiger partial charge >= 0.3 is 20.4 Å². The average Bonchev–Trinajstić information content (AvgIpc) is 3.67. The van der Waals surface area contributed by atoms with Crippen LogP contribution in [0, 0.1) is 0 Å². The molecular formula is C30H54P2Pd+2. The van der Waals surface area contributed by atoms with Crippen LogP contribution in [0.25, 0.3) is 0 Å². The molecule has 0 aromatic carbocycles. The van der Waals surface area contributed by atoms with Gasteiger partial charge in [-0.25, -0.2) is 0 Å². The summed E-state index contributed by atoms with van der Waals surface area (Å²) in [7, 11) is 0.872. The molecular weight excluding hydrogens is 529 g/mol. The molecule has 0 heterocycles. The Hall–Kier alpha value is 1.52. The molecule has 6 fully saturated rings. The van der Waals surface area contributed by atoms with Gasteiger partial charge in [-0.15, -0.1) is 0 Å². The van der Waals surface area contributed by atoms with Crippen molar-refractivity contribution in [1.82, 2.24) is 0 Å². The molecule has 0 saturated heterocycles. The molecule has 0 N–H and O–H groups in total. The van der Waals surface area contributed by atoms with Crippen LogP contribution in [0.2, 0.25) is 0 Å². The fourth-order valence-electron chi connectivity index (χ4n) is 9.00. The molecule has 6 aliphatic carbocycles. The summed E-state index contributed by atoms with van der Waals surface area (Å²) in [5.41, 5.74) is 7.26. The average molecular weight is 583 g/mol. The molecule has 0 aliphatic heterocycles. The van der Waals surface area contributed by atoms with E-state index in [1.807, 2.05) is 0 Å². The molecule has 0 bridgehead atoms. The zero-order valence-corrected chi connectivity index (χ0v) is 25.0. The van der Waals surface area contributed by atoms with Crippen molar-refractivity contribution in [3.05, 3.63) is 0 Å². The zero-order chi connectivity index (χ0) is 21.6. The first-order valence-electron chi connectivity index (χ1n) is 15.4. The van der Waals surface area contributed by atoms with Crippen LogP contribution in [0.5, 0.6) is 0 Å². The number of hydrogen-bond donors (Lipinski definition) is 0. The maximum Gasteiger partial charge on any atom is 2.00 e. The molecule has 0 aromatic rings. The minimum atomic E-state index is 0.